The van der Waals surface area contributed by atoms with Crippen LogP contribution in [0.2, 0.25) is 10.0 Å². The van der Waals surface area contributed by atoms with Gasteiger partial charge in [-0.1, -0.05) is 37.0 Å². The second-order valence-corrected chi connectivity index (χ2v) is 13.4. The summed E-state index contributed by atoms with van der Waals surface area (Å²) in [4.78, 5) is 39.8. The number of alkyl carbamates (subject to hydrolysis) is 1. The molecule has 2 atom stereocenters. The van der Waals surface area contributed by atoms with Gasteiger partial charge in [-0.3, -0.25) is 14.3 Å². The summed E-state index contributed by atoms with van der Waals surface area (Å²) in [6, 6.07) is 4.81. The number of piperidine rings is 1. The van der Waals surface area contributed by atoms with Gasteiger partial charge in [-0.15, -0.1) is 0 Å². The van der Waals surface area contributed by atoms with Crippen LogP contribution in [0.25, 0.3) is 11.3 Å². The molecule has 1 aliphatic rings. The van der Waals surface area contributed by atoms with E-state index in [1.54, 1.807) is 31.7 Å². The maximum absolute atomic E-state index is 12.9. The topological polar surface area (TPSA) is 115 Å². The Bertz CT molecular complexity index is 1280. The Morgan fingerprint density at radius 2 is 1.81 bits per heavy atom. The molecule has 235 valence electrons. The van der Waals surface area contributed by atoms with Crippen LogP contribution in [-0.4, -0.2) is 91.2 Å². The van der Waals surface area contributed by atoms with Crippen molar-refractivity contribution < 1.29 is 23.3 Å². The number of nitrogens with one attached hydrogen (secondary N) is 2. The van der Waals surface area contributed by atoms with E-state index in [-0.39, 0.29) is 51.6 Å². The van der Waals surface area contributed by atoms with Crippen LogP contribution in [0.5, 0.6) is 5.75 Å². The van der Waals surface area contributed by atoms with Crippen molar-refractivity contribution in [3.63, 3.8) is 0 Å². The number of hydrogen-bond acceptors (Lipinski definition) is 7. The van der Waals surface area contributed by atoms with Gasteiger partial charge in [0.25, 0.3) is 0 Å². The molecule has 1 radical (unpaired) electrons. The summed E-state index contributed by atoms with van der Waals surface area (Å²) in [6.07, 6.45) is 1.26. The number of carbonyl (C=O) groups excluding carboxylic acids is 3. The molecule has 1 unspecified atom stereocenters. The zero-order valence-electron chi connectivity index (χ0n) is 25.4. The Morgan fingerprint density at radius 1 is 1.16 bits per heavy atom. The van der Waals surface area contributed by atoms with Crippen LogP contribution in [0.1, 0.15) is 65.5 Å². The number of nitrogens with zero attached hydrogens (tertiary/aromatic N) is 3. The molecule has 0 aliphatic carbocycles. The minimum absolute atomic E-state index is 0. The average Bonchev–Trinajstić information content (AvgIpc) is 3.29. The maximum Gasteiger partial charge on any atom is 0.408 e. The summed E-state index contributed by atoms with van der Waals surface area (Å²) < 4.78 is 12.6. The number of aromatic nitrogens is 2. The van der Waals surface area contributed by atoms with Crippen LogP contribution in [0.3, 0.4) is 0 Å². The van der Waals surface area contributed by atoms with E-state index in [2.05, 4.69) is 24.2 Å². The Hall–Kier alpha value is -1.28. The number of ether oxygens (including phenoxy) is 1. The van der Waals surface area contributed by atoms with E-state index in [0.717, 1.165) is 30.2 Å². The molecule has 0 bridgehead atoms. The van der Waals surface area contributed by atoms with Gasteiger partial charge in [0.05, 0.1) is 28.9 Å². The molecule has 15 heteroatoms. The van der Waals surface area contributed by atoms with Gasteiger partial charge < -0.3 is 24.5 Å². The maximum atomic E-state index is 12.9. The van der Waals surface area contributed by atoms with Crippen molar-refractivity contribution in [3.05, 3.63) is 33.9 Å². The number of amides is 3. The SMILES string of the molecule is CC(C)C[C@H](NC(=O)OC(C)(C)C)C(=O)NCC(=O)N1CCC(c2cc(-c3ccc(OSP)c(Cl)c3Cl)nn2C)CC1.[Tl]. The van der Waals surface area contributed by atoms with Crippen LogP contribution < -0.4 is 14.8 Å². The Labute approximate surface area is 290 Å². The van der Waals surface area contributed by atoms with Crippen molar-refractivity contribution >= 4 is 88.5 Å². The molecule has 2 aromatic rings. The van der Waals surface area contributed by atoms with E-state index in [0.29, 0.717) is 46.6 Å². The molecule has 1 fully saturated rings. The molecule has 3 rings (SSSR count). The molecule has 43 heavy (non-hydrogen) atoms. The van der Waals surface area contributed by atoms with Gasteiger partial charge in [0.1, 0.15) is 16.7 Å². The third kappa shape index (κ3) is 10.9. The third-order valence-corrected chi connectivity index (χ3v) is 8.20. The largest absolute Gasteiger partial charge is 0.444 e. The van der Waals surface area contributed by atoms with Crippen molar-refractivity contribution in [3.8, 4) is 17.0 Å². The van der Waals surface area contributed by atoms with Gasteiger partial charge in [0, 0.05) is 64.6 Å². The van der Waals surface area contributed by atoms with Gasteiger partial charge in [-0.25, -0.2) is 4.79 Å². The zero-order chi connectivity index (χ0) is 31.2. The zero-order valence-corrected chi connectivity index (χ0v) is 33.4. The summed E-state index contributed by atoms with van der Waals surface area (Å²) in [7, 11) is 4.29. The number of benzene rings is 1. The molecule has 1 aromatic heterocycles. The minimum Gasteiger partial charge on any atom is -0.444 e. The fourth-order valence-corrected chi connectivity index (χ4v) is 5.87. The number of rotatable bonds is 10. The second kappa shape index (κ2) is 16.9. The number of likely N-dealkylation sites (tertiary alicyclic amines) is 1. The summed E-state index contributed by atoms with van der Waals surface area (Å²) in [5, 5.41) is 10.7. The third-order valence-electron chi connectivity index (χ3n) is 6.77. The summed E-state index contributed by atoms with van der Waals surface area (Å²) >= 11 is 14.0. The molecule has 2 N–H and O–H groups in total. The van der Waals surface area contributed by atoms with Crippen molar-refractivity contribution in [2.45, 2.75) is 71.4 Å². The van der Waals surface area contributed by atoms with Crippen LogP contribution in [-0.2, 0) is 21.4 Å². The fourth-order valence-electron chi connectivity index (χ4n) is 4.82. The molecule has 1 saturated heterocycles. The predicted octanol–water partition coefficient (Wildman–Crippen LogP) is 5.59. The van der Waals surface area contributed by atoms with Crippen molar-refractivity contribution in [1.82, 2.24) is 25.3 Å². The molecular weight excluding hydrogens is 825 g/mol. The van der Waals surface area contributed by atoms with E-state index >= 15 is 0 Å². The van der Waals surface area contributed by atoms with Gasteiger partial charge >= 0.3 is 6.09 Å². The molecule has 3 amide bonds. The van der Waals surface area contributed by atoms with Crippen molar-refractivity contribution in [2.24, 2.45) is 13.0 Å². The van der Waals surface area contributed by atoms with Gasteiger partial charge in [-0.2, -0.15) is 5.10 Å². The number of halogens is 2. The molecule has 0 spiro atoms. The first-order chi connectivity index (χ1) is 19.7. The van der Waals surface area contributed by atoms with Crippen LogP contribution in [0, 0.1) is 5.92 Å². The van der Waals surface area contributed by atoms with Gasteiger partial charge in [0.2, 0.25) is 11.8 Å². The monoisotopic (exact) mass is 864 g/mol. The molecule has 1 aromatic carbocycles. The number of aryl methyl sites for hydroxylation is 1. The first-order valence-corrected chi connectivity index (χ1v) is 16.8. The Balaban J connectivity index is 0.00000645. The molecule has 10 nitrogen and oxygen atoms in total. The molecule has 0 saturated carbocycles. The average molecular weight is 865 g/mol. The van der Waals surface area contributed by atoms with E-state index in [1.165, 1.54) is 0 Å². The minimum atomic E-state index is -0.797. The molecule has 2 heterocycles. The van der Waals surface area contributed by atoms with Crippen molar-refractivity contribution in [2.75, 3.05) is 19.6 Å². The van der Waals surface area contributed by atoms with Gasteiger partial charge in [-0.05, 0) is 72.6 Å². The molecule has 1 aliphatic heterocycles. The van der Waals surface area contributed by atoms with Gasteiger partial charge in [0.15, 0.2) is 5.75 Å². The normalized spacial score (nSPS) is 14.6. The first-order valence-electron chi connectivity index (χ1n) is 13.8. The number of hydrogen-bond donors (Lipinski definition) is 2. The standard InChI is InChI=1S/C28H40Cl2N5O5PS.Tl/c1-16(2)13-20(32-27(38)39-28(3,4)5)26(37)31-15-23(36)35-11-9-17(10-12-35)21-14-19(33-34(21)6)18-7-8-22(40-42-41)25(30)24(18)29;/h7-8,14,16-17,20H,9-13,15,41H2,1-6H3,(H,31,37)(H,32,38);/t20-;/m0./s1. The quantitative estimate of drug-likeness (QED) is 0.182. The summed E-state index contributed by atoms with van der Waals surface area (Å²) in [6.45, 7) is 10.1. The Kier molecular flexibility index (Phi) is 14.9. The van der Waals surface area contributed by atoms with E-state index in [4.69, 9.17) is 32.1 Å². The first kappa shape index (κ1) is 37.9. The van der Waals surface area contributed by atoms with Crippen LogP contribution in [0.15, 0.2) is 18.2 Å². The number of carbonyl (C=O) groups is 3. The summed E-state index contributed by atoms with van der Waals surface area (Å²) in [5.74, 6) is 0.253. The second-order valence-electron chi connectivity index (χ2n) is 11.7. The predicted molar refractivity (Wildman–Crippen MR) is 177 cm³/mol. The van der Waals surface area contributed by atoms with E-state index in [1.807, 2.05) is 37.7 Å². The van der Waals surface area contributed by atoms with Crippen LogP contribution in [0.4, 0.5) is 4.79 Å². The molecular formula is C28H40Cl2N5O5PSTl. The fraction of sp³-hybridized carbons (Fsp3) is 0.571. The Morgan fingerprint density at radius 3 is 2.40 bits per heavy atom. The summed E-state index contributed by atoms with van der Waals surface area (Å²) in [5.41, 5.74) is 1.78. The smallest absolute Gasteiger partial charge is 0.408 e. The van der Waals surface area contributed by atoms with Crippen molar-refractivity contribution in [1.29, 1.82) is 0 Å². The van der Waals surface area contributed by atoms with Crippen LogP contribution >= 0.6 is 43.3 Å². The van der Waals surface area contributed by atoms with E-state index in [9.17, 15) is 14.4 Å². The van der Waals surface area contributed by atoms with E-state index < -0.39 is 23.6 Å².